The summed E-state index contributed by atoms with van der Waals surface area (Å²) in [5, 5.41) is 26.0. The molecule has 29 heavy (non-hydrogen) atoms. The average Bonchev–Trinajstić information content (AvgIpc) is 2.70. The van der Waals surface area contributed by atoms with Gasteiger partial charge in [-0.05, 0) is 24.1 Å². The molecule has 0 unspecified atom stereocenters. The predicted octanol–water partition coefficient (Wildman–Crippen LogP) is 3.42. The van der Waals surface area contributed by atoms with Crippen molar-refractivity contribution in [3.05, 3.63) is 67.2 Å². The predicted molar refractivity (Wildman–Crippen MR) is 109 cm³/mol. The number of nitrogens with zero attached hydrogens (tertiary/aromatic N) is 3. The van der Waals surface area contributed by atoms with Crippen molar-refractivity contribution >= 4 is 40.3 Å². The van der Waals surface area contributed by atoms with Crippen LogP contribution in [0, 0.1) is 20.2 Å². The van der Waals surface area contributed by atoms with Gasteiger partial charge in [-0.3, -0.25) is 25.0 Å². The van der Waals surface area contributed by atoms with Gasteiger partial charge in [0.2, 0.25) is 0 Å². The summed E-state index contributed by atoms with van der Waals surface area (Å²) in [7, 11) is 2.82. The van der Waals surface area contributed by atoms with E-state index in [-0.39, 0.29) is 17.9 Å². The summed E-state index contributed by atoms with van der Waals surface area (Å²) in [6, 6.07) is 9.40. The highest BCUT2D eigenvalue weighted by molar-refractivity contribution is 6.31. The fourth-order valence-corrected chi connectivity index (χ4v) is 2.89. The quantitative estimate of drug-likeness (QED) is 0.370. The zero-order valence-electron chi connectivity index (χ0n) is 15.8. The van der Waals surface area contributed by atoms with Gasteiger partial charge >= 0.3 is 5.97 Å². The van der Waals surface area contributed by atoms with Crippen LogP contribution < -0.4 is 10.2 Å². The van der Waals surface area contributed by atoms with Crippen molar-refractivity contribution < 1.29 is 19.4 Å². The Morgan fingerprint density at radius 2 is 1.83 bits per heavy atom. The fraction of sp³-hybridized carbons (Fsp3) is 0.278. The van der Waals surface area contributed by atoms with E-state index in [1.165, 1.54) is 13.2 Å². The second-order valence-electron chi connectivity index (χ2n) is 6.06. The molecule has 0 aromatic heterocycles. The molecule has 0 saturated heterocycles. The lowest BCUT2D eigenvalue weighted by molar-refractivity contribution is -0.393. The number of likely N-dealkylation sites (N-methyl/N-ethyl adjacent to an activating group) is 1. The van der Waals surface area contributed by atoms with Crippen LogP contribution in [0.3, 0.4) is 0 Å². The largest absolute Gasteiger partial charge is 0.468 e. The zero-order valence-corrected chi connectivity index (χ0v) is 16.5. The molecule has 0 saturated carbocycles. The number of hydrogen-bond acceptors (Lipinski definition) is 8. The molecule has 154 valence electrons. The monoisotopic (exact) mass is 422 g/mol. The molecule has 0 atom stereocenters. The van der Waals surface area contributed by atoms with E-state index < -0.39 is 27.2 Å². The van der Waals surface area contributed by atoms with E-state index in [4.69, 9.17) is 11.6 Å². The van der Waals surface area contributed by atoms with E-state index in [2.05, 4.69) is 10.1 Å². The molecule has 2 aromatic rings. The van der Waals surface area contributed by atoms with Crippen molar-refractivity contribution in [1.29, 1.82) is 0 Å². The minimum atomic E-state index is -0.750. The molecule has 0 heterocycles. The van der Waals surface area contributed by atoms with Crippen LogP contribution in [0.25, 0.3) is 0 Å². The molecule has 10 nitrogen and oxygen atoms in total. The van der Waals surface area contributed by atoms with Gasteiger partial charge in [-0.2, -0.15) is 0 Å². The van der Waals surface area contributed by atoms with E-state index in [9.17, 15) is 25.0 Å². The number of nitrogens with one attached hydrogen (secondary N) is 1. The number of nitro groups is 2. The van der Waals surface area contributed by atoms with Gasteiger partial charge in [-0.15, -0.1) is 0 Å². The molecule has 11 heteroatoms. The highest BCUT2D eigenvalue weighted by atomic mass is 35.5. The number of rotatable bonds is 9. The second-order valence-corrected chi connectivity index (χ2v) is 6.47. The third-order valence-electron chi connectivity index (χ3n) is 4.22. The summed E-state index contributed by atoms with van der Waals surface area (Å²) < 4.78 is 4.51. The minimum absolute atomic E-state index is 0.0226. The van der Waals surface area contributed by atoms with Crippen molar-refractivity contribution in [2.24, 2.45) is 0 Å². The normalized spacial score (nSPS) is 10.3. The Kier molecular flexibility index (Phi) is 7.32. The van der Waals surface area contributed by atoms with Gasteiger partial charge in [0.1, 0.15) is 17.9 Å². The Balaban J connectivity index is 2.36. The van der Waals surface area contributed by atoms with Crippen molar-refractivity contribution in [3.8, 4) is 0 Å². The maximum atomic E-state index is 11.5. The van der Waals surface area contributed by atoms with E-state index in [0.717, 1.165) is 11.6 Å². The standard InChI is InChI=1S/C18H19ClN4O6/c1-21(8-7-12-5-3-4-6-13(12)19)16-9-14(20-11-18(24)29-2)15(22(25)26)10-17(16)23(27)28/h3-6,9-10,20H,7-8,11H2,1-2H3. The van der Waals surface area contributed by atoms with Gasteiger partial charge in [0.05, 0.1) is 23.0 Å². The number of esters is 1. The first kappa shape index (κ1) is 21.9. The molecule has 0 aliphatic carbocycles. The van der Waals surface area contributed by atoms with Crippen LogP contribution in [0.2, 0.25) is 5.02 Å². The maximum Gasteiger partial charge on any atom is 0.325 e. The van der Waals surface area contributed by atoms with Crippen LogP contribution >= 0.6 is 11.6 Å². The summed E-state index contributed by atoms with van der Waals surface area (Å²) in [4.78, 5) is 34.4. The average molecular weight is 423 g/mol. The van der Waals surface area contributed by atoms with Crippen molar-refractivity contribution in [2.75, 3.05) is 37.5 Å². The Labute approximate surface area is 171 Å². The van der Waals surface area contributed by atoms with Crippen LogP contribution in [0.5, 0.6) is 0 Å². The van der Waals surface area contributed by atoms with E-state index >= 15 is 0 Å². The van der Waals surface area contributed by atoms with Crippen LogP contribution in [0.15, 0.2) is 36.4 Å². The highest BCUT2D eigenvalue weighted by Gasteiger charge is 2.26. The number of halogens is 1. The Bertz CT molecular complexity index is 937. The molecule has 1 N–H and O–H groups in total. The second kappa shape index (κ2) is 9.69. The first-order valence-electron chi connectivity index (χ1n) is 8.46. The van der Waals surface area contributed by atoms with Crippen molar-refractivity contribution in [1.82, 2.24) is 0 Å². The molecule has 2 rings (SSSR count). The Morgan fingerprint density at radius 1 is 1.17 bits per heavy atom. The molecule has 0 radical (unpaired) electrons. The number of hydrogen-bond donors (Lipinski definition) is 1. The Morgan fingerprint density at radius 3 is 2.41 bits per heavy atom. The lowest BCUT2D eigenvalue weighted by atomic mass is 10.1. The lowest BCUT2D eigenvalue weighted by Crippen LogP contribution is -2.22. The number of methoxy groups -OCH3 is 1. The molecular weight excluding hydrogens is 404 g/mol. The molecule has 0 aliphatic rings. The van der Waals surface area contributed by atoms with Gasteiger partial charge in [-0.1, -0.05) is 29.8 Å². The number of anilines is 2. The summed E-state index contributed by atoms with van der Waals surface area (Å²) in [6.45, 7) is 0.0523. The molecule has 2 aromatic carbocycles. The van der Waals surface area contributed by atoms with Crippen molar-refractivity contribution in [3.63, 3.8) is 0 Å². The Hall–Kier alpha value is -3.40. The van der Waals surface area contributed by atoms with Gasteiger partial charge in [0, 0.05) is 18.6 Å². The smallest absolute Gasteiger partial charge is 0.325 e. The van der Waals surface area contributed by atoms with E-state index in [1.807, 2.05) is 12.1 Å². The van der Waals surface area contributed by atoms with Crippen LogP contribution in [-0.4, -0.2) is 43.1 Å². The number of carbonyl (C=O) groups is 1. The van der Waals surface area contributed by atoms with Crippen LogP contribution in [0.1, 0.15) is 5.56 Å². The zero-order chi connectivity index (χ0) is 21.6. The number of benzene rings is 2. The van der Waals surface area contributed by atoms with Gasteiger partial charge < -0.3 is 15.0 Å². The van der Waals surface area contributed by atoms with Crippen LogP contribution in [-0.2, 0) is 16.0 Å². The molecule has 0 aliphatic heterocycles. The number of ether oxygens (including phenoxy) is 1. The first-order chi connectivity index (χ1) is 13.7. The minimum Gasteiger partial charge on any atom is -0.468 e. The topological polar surface area (TPSA) is 128 Å². The van der Waals surface area contributed by atoms with Gasteiger partial charge in [0.25, 0.3) is 11.4 Å². The maximum absolute atomic E-state index is 11.5. The third-order valence-corrected chi connectivity index (χ3v) is 4.59. The first-order valence-corrected chi connectivity index (χ1v) is 8.84. The van der Waals surface area contributed by atoms with E-state index in [0.29, 0.717) is 18.0 Å². The molecular formula is C18H19ClN4O6. The summed E-state index contributed by atoms with van der Waals surface area (Å²) in [5.41, 5.74) is 0.0890. The summed E-state index contributed by atoms with van der Waals surface area (Å²) in [6.07, 6.45) is 0.509. The number of carbonyl (C=O) groups excluding carboxylic acids is 1. The molecule has 0 bridgehead atoms. The lowest BCUT2D eigenvalue weighted by Gasteiger charge is -2.20. The fourth-order valence-electron chi connectivity index (χ4n) is 2.66. The number of nitro benzene ring substituents is 2. The summed E-state index contributed by atoms with van der Waals surface area (Å²) in [5.74, 6) is -0.633. The summed E-state index contributed by atoms with van der Waals surface area (Å²) >= 11 is 6.15. The van der Waals surface area contributed by atoms with Crippen LogP contribution in [0.4, 0.5) is 22.7 Å². The highest BCUT2D eigenvalue weighted by Crippen LogP contribution is 2.37. The van der Waals surface area contributed by atoms with E-state index in [1.54, 1.807) is 24.1 Å². The van der Waals surface area contributed by atoms with Crippen molar-refractivity contribution in [2.45, 2.75) is 6.42 Å². The SMILES string of the molecule is COC(=O)CNc1cc(N(C)CCc2ccccc2Cl)c([N+](=O)[O-])cc1[N+](=O)[O-]. The molecule has 0 spiro atoms. The third kappa shape index (κ3) is 5.55. The molecule has 0 fully saturated rings. The molecule has 0 amide bonds. The van der Waals surface area contributed by atoms with Gasteiger partial charge in [0.15, 0.2) is 0 Å². The van der Waals surface area contributed by atoms with Gasteiger partial charge in [-0.25, -0.2) is 0 Å².